The van der Waals surface area contributed by atoms with Gasteiger partial charge in [0.2, 0.25) is 12.1 Å². The maximum Gasteiger partial charge on any atom is 1.00 e. The summed E-state index contributed by atoms with van der Waals surface area (Å²) in [7, 11) is -3.82. The van der Waals surface area contributed by atoms with Crippen molar-refractivity contribution in [3.63, 3.8) is 0 Å². The zero-order valence-electron chi connectivity index (χ0n) is 42.9. The number of aromatic amines is 1. The van der Waals surface area contributed by atoms with Gasteiger partial charge in [-0.2, -0.15) is 9.45 Å². The summed E-state index contributed by atoms with van der Waals surface area (Å²) in [5.74, 6) is -1.93. The molecule has 0 radical (unpaired) electrons. The summed E-state index contributed by atoms with van der Waals surface area (Å²) in [5.41, 5.74) is 0.515. The molecule has 2 aliphatic rings. The fourth-order valence-electron chi connectivity index (χ4n) is 9.25. The number of nitrogens with zero attached hydrogens (tertiary/aromatic N) is 5. The van der Waals surface area contributed by atoms with Crippen LogP contribution in [0.15, 0.2) is 140 Å². The third-order valence-electron chi connectivity index (χ3n) is 12.7. The van der Waals surface area contributed by atoms with Gasteiger partial charge in [0, 0.05) is 19.4 Å². The maximum absolute atomic E-state index is 14.8. The topological polar surface area (TPSA) is 316 Å². The van der Waals surface area contributed by atoms with Crippen LogP contribution in [0.5, 0.6) is 23.0 Å². The van der Waals surface area contributed by atoms with Crippen LogP contribution in [0.3, 0.4) is 0 Å². The van der Waals surface area contributed by atoms with E-state index in [1.807, 2.05) is 24.3 Å². The largest absolute Gasteiger partial charge is 1.00 e. The summed E-state index contributed by atoms with van der Waals surface area (Å²) < 4.78 is 58.2. The molecule has 2 unspecified atom stereocenters. The molecule has 398 valence electrons. The fraction of sp³-hybridized carbons (Fsp3) is 0.231. The minimum Gasteiger partial charge on any atom is -0.744 e. The van der Waals surface area contributed by atoms with Gasteiger partial charge < -0.3 is 44.7 Å². The maximum atomic E-state index is 14.8. The van der Waals surface area contributed by atoms with Gasteiger partial charge >= 0.3 is 65.1 Å². The predicted molar refractivity (Wildman–Crippen MR) is 274 cm³/mol. The SMILES string of the molecule is COC1C(=O)N(C(C(=O)Nc2ccccc2Oc2ccccc2C2CCCCC2)c2nc3ccccc3c(=O)[nH]2)C(=O)N1CCOc1ccc(N=Nc2c(SOO[O-])cc3cc(S(=O)(=O)[O-])cc(NC(C)=O)c3c2O)cc1.[Na+].[Na+]. The number of carbonyl (C=O) groups is 4. The number of phenols is 1. The Hall–Kier alpha value is -6.30. The summed E-state index contributed by atoms with van der Waals surface area (Å²) in [6.45, 7) is 0.676. The number of methoxy groups -OCH3 is 1. The van der Waals surface area contributed by atoms with Crippen molar-refractivity contribution >= 4 is 90.3 Å². The van der Waals surface area contributed by atoms with Crippen molar-refractivity contribution in [2.24, 2.45) is 10.2 Å². The Morgan fingerprint density at radius 3 is 2.29 bits per heavy atom. The van der Waals surface area contributed by atoms with Gasteiger partial charge in [-0.1, -0.05) is 61.7 Å². The average molecular weight is 1130 g/mol. The molecule has 0 spiro atoms. The van der Waals surface area contributed by atoms with Gasteiger partial charge in [0.05, 0.1) is 56.3 Å². The summed E-state index contributed by atoms with van der Waals surface area (Å²) in [5, 5.41) is 39.1. The van der Waals surface area contributed by atoms with E-state index >= 15 is 0 Å². The second kappa shape index (κ2) is 26.8. The van der Waals surface area contributed by atoms with Gasteiger partial charge in [-0.3, -0.25) is 29.1 Å². The molecule has 23 nitrogen and oxygen atoms in total. The van der Waals surface area contributed by atoms with E-state index in [1.54, 1.807) is 48.5 Å². The molecule has 1 aromatic heterocycles. The average Bonchev–Trinajstić information content (AvgIpc) is 3.67. The number of benzene rings is 6. The Labute approximate surface area is 499 Å². The molecule has 4 N–H and O–H groups in total. The van der Waals surface area contributed by atoms with Gasteiger partial charge in [0.25, 0.3) is 17.4 Å². The number of azo groups is 1. The molecule has 1 aliphatic heterocycles. The number of amides is 5. The quantitative estimate of drug-likeness (QED) is 0.0171. The van der Waals surface area contributed by atoms with E-state index in [0.29, 0.717) is 22.3 Å². The molecule has 0 bridgehead atoms. The van der Waals surface area contributed by atoms with Gasteiger partial charge in [-0.15, -0.1) is 5.11 Å². The molecule has 79 heavy (non-hydrogen) atoms. The van der Waals surface area contributed by atoms with Gasteiger partial charge in [0.1, 0.15) is 39.7 Å². The number of hydrogen-bond acceptors (Lipinski definition) is 19. The Kier molecular flexibility index (Phi) is 20.4. The number of urea groups is 1. The van der Waals surface area contributed by atoms with E-state index in [0.717, 1.165) is 55.2 Å². The first-order chi connectivity index (χ1) is 37.1. The van der Waals surface area contributed by atoms with Crippen LogP contribution in [-0.4, -0.2) is 88.1 Å². The number of anilines is 2. The van der Waals surface area contributed by atoms with Crippen molar-refractivity contribution in [3.05, 3.63) is 137 Å². The third-order valence-corrected chi connectivity index (χ3v) is 14.1. The number of H-pyrrole nitrogens is 1. The number of fused-ring (bicyclic) bond motifs is 2. The van der Waals surface area contributed by atoms with Crippen molar-refractivity contribution in [1.29, 1.82) is 0 Å². The van der Waals surface area contributed by atoms with Crippen LogP contribution >= 0.6 is 12.0 Å². The zero-order valence-corrected chi connectivity index (χ0v) is 48.5. The summed E-state index contributed by atoms with van der Waals surface area (Å²) >= 11 is 0.289. The van der Waals surface area contributed by atoms with Crippen LogP contribution in [0.4, 0.5) is 27.5 Å². The van der Waals surface area contributed by atoms with Gasteiger partial charge in [0.15, 0.2) is 17.5 Å². The number of hydrogen-bond donors (Lipinski definition) is 4. The molecule has 2 fully saturated rings. The number of carbonyl (C=O) groups excluding carboxylic acids is 4. The third kappa shape index (κ3) is 13.7. The van der Waals surface area contributed by atoms with Crippen molar-refractivity contribution < 1.29 is 125 Å². The minimum absolute atomic E-state index is 0. The standard InChI is InChI=1S/C52H48N8O15S2.2Na/c1-29(61)53-39-28-34(77(68,69)70)26-31-27-42(76-75-74-67)44(46(62)43(31)39)58-57-32-20-22-33(23-21-32)72-25-24-59-51(71-2)50(65)60(52(59)66)45(47-54-37-16-8-6-15-36(37)48(63)56-47)49(64)55-38-17-9-11-19-41(38)73-40-18-10-7-14-35(40)30-12-4-3-5-13-30;;/h6-11,14-23,26-28,30,45,51,62,67H,3-5,12-13,24-25H2,1-2H3,(H,53,61)(H,55,64)(H,54,56,63)(H,68,69,70);;/q;2*+1/p-2. The monoisotopic (exact) mass is 1130 g/mol. The number of nitrogens with one attached hydrogen (secondary N) is 3. The van der Waals surface area contributed by atoms with Crippen molar-refractivity contribution in [2.45, 2.75) is 67.0 Å². The van der Waals surface area contributed by atoms with Crippen LogP contribution in [0.1, 0.15) is 62.4 Å². The molecule has 9 rings (SSSR count). The van der Waals surface area contributed by atoms with Crippen LogP contribution < -0.4 is 90.0 Å². The van der Waals surface area contributed by atoms with E-state index in [1.165, 1.54) is 43.9 Å². The van der Waals surface area contributed by atoms with Gasteiger partial charge in [-0.05, 0) is 103 Å². The molecule has 7 aromatic rings. The van der Waals surface area contributed by atoms with Crippen LogP contribution in [0, 0.1) is 0 Å². The number of aromatic nitrogens is 2. The number of imide groups is 1. The number of phenolic OH excluding ortho intramolecular Hbond substituents is 1. The first-order valence-electron chi connectivity index (χ1n) is 23.8. The normalized spacial score (nSPS) is 15.2. The zero-order chi connectivity index (χ0) is 54.4. The number of aromatic hydroxyl groups is 1. The minimum atomic E-state index is -5.03. The number of ether oxygens (including phenoxy) is 3. The van der Waals surface area contributed by atoms with E-state index in [-0.39, 0.29) is 145 Å². The van der Waals surface area contributed by atoms with Crippen LogP contribution in [0.25, 0.3) is 21.7 Å². The van der Waals surface area contributed by atoms with Crippen molar-refractivity contribution in [3.8, 4) is 23.0 Å². The predicted octanol–water partition coefficient (Wildman–Crippen LogP) is 2.13. The Balaban J connectivity index is 0.00000452. The number of rotatable bonds is 19. The molecule has 1 saturated heterocycles. The molecule has 5 amide bonds. The molecular formula is C52H46N8Na2O15S2. The van der Waals surface area contributed by atoms with Crippen LogP contribution in [-0.2, 0) is 38.6 Å². The second-order valence-corrected chi connectivity index (χ2v) is 19.8. The molecule has 6 aromatic carbocycles. The molecular weight excluding hydrogens is 1090 g/mol. The molecule has 2 heterocycles. The van der Waals surface area contributed by atoms with E-state index in [2.05, 4.69) is 40.2 Å². The van der Waals surface area contributed by atoms with Gasteiger partial charge in [-0.25, -0.2) is 23.1 Å². The van der Waals surface area contributed by atoms with E-state index in [9.17, 15) is 47.3 Å². The molecule has 1 aliphatic carbocycles. The summed E-state index contributed by atoms with van der Waals surface area (Å²) in [6.07, 6.45) is 3.90. The summed E-state index contributed by atoms with van der Waals surface area (Å²) in [6, 6.07) is 27.1. The Morgan fingerprint density at radius 2 is 1.58 bits per heavy atom. The number of para-hydroxylation sites is 4. The van der Waals surface area contributed by atoms with E-state index < -0.39 is 62.3 Å². The molecule has 1 saturated carbocycles. The first-order valence-corrected chi connectivity index (χ1v) is 26.0. The van der Waals surface area contributed by atoms with E-state index in [4.69, 9.17) is 14.2 Å². The summed E-state index contributed by atoms with van der Waals surface area (Å²) in [4.78, 5) is 77.3. The smallest absolute Gasteiger partial charge is 0.744 e. The second-order valence-electron chi connectivity index (χ2n) is 17.6. The van der Waals surface area contributed by atoms with Crippen molar-refractivity contribution in [1.82, 2.24) is 19.8 Å². The Morgan fingerprint density at radius 1 is 0.886 bits per heavy atom. The molecule has 27 heteroatoms. The molecule has 2 atom stereocenters. The fourth-order valence-corrected chi connectivity index (χ4v) is 10.3. The van der Waals surface area contributed by atoms with Crippen molar-refractivity contribution in [2.75, 3.05) is 30.9 Å². The first kappa shape index (κ1) is 60.3. The van der Waals surface area contributed by atoms with Crippen LogP contribution in [0.2, 0.25) is 0 Å². The Bertz CT molecular complexity index is 3630.